The third-order valence-electron chi connectivity index (χ3n) is 4.09. The minimum atomic E-state index is -0.954. The van der Waals surface area contributed by atoms with Gasteiger partial charge in [0.05, 0.1) is 18.3 Å². The van der Waals surface area contributed by atoms with Gasteiger partial charge >= 0.3 is 5.97 Å². The van der Waals surface area contributed by atoms with Crippen molar-refractivity contribution in [2.45, 2.75) is 0 Å². The minimum Gasteiger partial charge on any atom is -0.497 e. The first-order valence-electron chi connectivity index (χ1n) is 8.11. The summed E-state index contributed by atoms with van der Waals surface area (Å²) in [6, 6.07) is 14.8. The van der Waals surface area contributed by atoms with Crippen molar-refractivity contribution in [2.24, 2.45) is 0 Å². The van der Waals surface area contributed by atoms with Crippen LogP contribution in [-0.4, -0.2) is 46.7 Å². The monoisotopic (exact) mass is 400 g/mol. The number of aromatic nitrogens is 1. The van der Waals surface area contributed by atoms with Crippen molar-refractivity contribution in [3.63, 3.8) is 0 Å². The van der Waals surface area contributed by atoms with Gasteiger partial charge in [-0.2, -0.15) is 0 Å². The Morgan fingerprint density at radius 1 is 1.26 bits per heavy atom. The van der Waals surface area contributed by atoms with Crippen molar-refractivity contribution in [1.82, 2.24) is 9.88 Å². The molecule has 0 aliphatic carbocycles. The topological polar surface area (TPSA) is 62.7 Å². The number of hydrogen-bond donors (Lipinski definition) is 1. The molecule has 0 aliphatic rings. The van der Waals surface area contributed by atoms with Crippen LogP contribution < -0.4 is 4.74 Å². The summed E-state index contributed by atoms with van der Waals surface area (Å²) >= 11 is 11.7. The van der Waals surface area contributed by atoms with E-state index >= 15 is 0 Å². The second-order valence-corrected chi connectivity index (χ2v) is 6.83. The second-order valence-electron chi connectivity index (χ2n) is 6.00. The number of fused-ring (bicyclic) bond motifs is 1. The quantitative estimate of drug-likeness (QED) is 0.646. The number of hydrogen-bond acceptors (Lipinski definition) is 4. The molecule has 0 atom stereocenters. The van der Waals surface area contributed by atoms with Crippen molar-refractivity contribution in [3.8, 4) is 17.0 Å². The third-order valence-corrected chi connectivity index (χ3v) is 4.85. The number of methoxy groups -OCH3 is 1. The molecule has 5 nitrogen and oxygen atoms in total. The van der Waals surface area contributed by atoms with Crippen molar-refractivity contribution >= 4 is 45.7 Å². The fraction of sp³-hybridized carbons (Fsp3) is 0.150. The predicted octanol–water partition coefficient (Wildman–Crippen LogP) is 4.26. The molecule has 1 heterocycles. The maximum absolute atomic E-state index is 11.1. The number of ether oxygens (including phenoxy) is 1. The number of nitrogens with zero attached hydrogens (tertiary/aromatic N) is 2. The summed E-state index contributed by atoms with van der Waals surface area (Å²) in [5.41, 5.74) is 3.01. The molecule has 27 heavy (non-hydrogen) atoms. The van der Waals surface area contributed by atoms with Crippen LogP contribution in [0.2, 0.25) is 5.02 Å². The van der Waals surface area contributed by atoms with Gasteiger partial charge < -0.3 is 14.7 Å². The SMILES string of the molecule is COc1cccc(-c2cc(C(=S)N(C)CC(=O)O)c3cc(Cl)ccc3n2)c1. The van der Waals surface area contributed by atoms with Gasteiger partial charge in [0.25, 0.3) is 0 Å². The highest BCUT2D eigenvalue weighted by Gasteiger charge is 2.16. The Hall–Kier alpha value is -2.70. The number of pyridine rings is 1. The van der Waals surface area contributed by atoms with E-state index in [2.05, 4.69) is 0 Å². The van der Waals surface area contributed by atoms with Gasteiger partial charge in [-0.1, -0.05) is 36.0 Å². The van der Waals surface area contributed by atoms with Gasteiger partial charge in [-0.25, -0.2) is 4.98 Å². The first-order valence-corrected chi connectivity index (χ1v) is 8.89. The summed E-state index contributed by atoms with van der Waals surface area (Å²) in [6.45, 7) is -0.197. The second kappa shape index (κ2) is 7.90. The van der Waals surface area contributed by atoms with E-state index in [1.807, 2.05) is 36.4 Å². The van der Waals surface area contributed by atoms with Crippen molar-refractivity contribution in [1.29, 1.82) is 0 Å². The molecule has 0 fully saturated rings. The van der Waals surface area contributed by atoms with Gasteiger partial charge in [-0.15, -0.1) is 0 Å². The maximum Gasteiger partial charge on any atom is 0.323 e. The zero-order valence-electron chi connectivity index (χ0n) is 14.8. The van der Waals surface area contributed by atoms with Crippen LogP contribution in [0.4, 0.5) is 0 Å². The average molecular weight is 401 g/mol. The summed E-state index contributed by atoms with van der Waals surface area (Å²) in [5.74, 6) is -0.234. The molecule has 1 N–H and O–H groups in total. The van der Waals surface area contributed by atoms with E-state index in [4.69, 9.17) is 38.6 Å². The molecule has 0 unspecified atom stereocenters. The molecule has 0 spiro atoms. The molecule has 0 radical (unpaired) electrons. The molecule has 0 saturated heterocycles. The number of carboxylic acid groups (broad SMARTS) is 1. The van der Waals surface area contributed by atoms with Gasteiger partial charge in [-0.05, 0) is 36.4 Å². The molecule has 1 aromatic heterocycles. The smallest absolute Gasteiger partial charge is 0.323 e. The lowest BCUT2D eigenvalue weighted by molar-refractivity contribution is -0.137. The summed E-state index contributed by atoms with van der Waals surface area (Å²) in [6.07, 6.45) is 0. The van der Waals surface area contributed by atoms with Crippen molar-refractivity contribution < 1.29 is 14.6 Å². The van der Waals surface area contributed by atoms with E-state index in [1.165, 1.54) is 4.90 Å². The van der Waals surface area contributed by atoms with Gasteiger partial charge in [0, 0.05) is 28.6 Å². The summed E-state index contributed by atoms with van der Waals surface area (Å²) in [4.78, 5) is 17.7. The summed E-state index contributed by atoms with van der Waals surface area (Å²) < 4.78 is 5.29. The highest BCUT2D eigenvalue weighted by molar-refractivity contribution is 7.80. The van der Waals surface area contributed by atoms with E-state index < -0.39 is 5.97 Å². The van der Waals surface area contributed by atoms with Crippen LogP contribution in [0.25, 0.3) is 22.2 Å². The number of aliphatic carboxylic acids is 1. The van der Waals surface area contributed by atoms with Gasteiger partial charge in [0.1, 0.15) is 17.3 Å². The molecule has 7 heteroatoms. The van der Waals surface area contributed by atoms with E-state index in [9.17, 15) is 4.79 Å². The van der Waals surface area contributed by atoms with E-state index in [0.29, 0.717) is 21.3 Å². The first kappa shape index (κ1) is 19.1. The fourth-order valence-electron chi connectivity index (χ4n) is 2.79. The highest BCUT2D eigenvalue weighted by atomic mass is 35.5. The lowest BCUT2D eigenvalue weighted by Crippen LogP contribution is -2.31. The number of halogens is 1. The Labute approximate surface area is 167 Å². The van der Waals surface area contributed by atoms with Crippen LogP contribution >= 0.6 is 23.8 Å². The van der Waals surface area contributed by atoms with Crippen molar-refractivity contribution in [2.75, 3.05) is 20.7 Å². The Morgan fingerprint density at radius 2 is 2.04 bits per heavy atom. The number of thiocarbonyl (C=S) groups is 1. The molecule has 3 rings (SSSR count). The van der Waals surface area contributed by atoms with Gasteiger partial charge in [0.15, 0.2) is 0 Å². The minimum absolute atomic E-state index is 0.197. The summed E-state index contributed by atoms with van der Waals surface area (Å²) in [7, 11) is 3.26. The zero-order valence-corrected chi connectivity index (χ0v) is 16.3. The number of rotatable bonds is 5. The molecular weight excluding hydrogens is 384 g/mol. The standard InChI is InChI=1S/C20H17ClN2O3S/c1-23(11-19(24)25)20(27)16-10-18(12-4-3-5-14(8-12)26-2)22-17-7-6-13(21)9-15(16)17/h3-10H,11H2,1-2H3,(H,24,25). The fourth-order valence-corrected chi connectivity index (χ4v) is 3.19. The largest absolute Gasteiger partial charge is 0.497 e. The Bertz CT molecular complexity index is 1040. The Balaban J connectivity index is 2.19. The molecule has 3 aromatic rings. The highest BCUT2D eigenvalue weighted by Crippen LogP contribution is 2.29. The van der Waals surface area contributed by atoms with E-state index in [-0.39, 0.29) is 6.54 Å². The van der Waals surface area contributed by atoms with Gasteiger partial charge in [-0.3, -0.25) is 4.79 Å². The van der Waals surface area contributed by atoms with Crippen LogP contribution in [-0.2, 0) is 4.79 Å². The van der Waals surface area contributed by atoms with Crippen LogP contribution in [0.3, 0.4) is 0 Å². The lowest BCUT2D eigenvalue weighted by Gasteiger charge is -2.20. The molecule has 138 valence electrons. The maximum atomic E-state index is 11.1. The Morgan fingerprint density at radius 3 is 2.74 bits per heavy atom. The van der Waals surface area contributed by atoms with E-state index in [0.717, 1.165) is 22.2 Å². The predicted molar refractivity (Wildman–Crippen MR) is 111 cm³/mol. The number of likely N-dealkylation sites (N-methyl/N-ethyl adjacent to an activating group) is 1. The molecular formula is C20H17ClN2O3S. The molecule has 0 saturated carbocycles. The van der Waals surface area contributed by atoms with Crippen LogP contribution in [0.1, 0.15) is 5.56 Å². The number of benzene rings is 2. The number of carboxylic acids is 1. The lowest BCUT2D eigenvalue weighted by atomic mass is 10.0. The van der Waals surface area contributed by atoms with Gasteiger partial charge in [0.2, 0.25) is 0 Å². The normalized spacial score (nSPS) is 10.6. The zero-order chi connectivity index (χ0) is 19.6. The third kappa shape index (κ3) is 4.18. The first-order chi connectivity index (χ1) is 12.9. The summed E-state index contributed by atoms with van der Waals surface area (Å²) in [5, 5.41) is 10.4. The molecule has 2 aromatic carbocycles. The van der Waals surface area contributed by atoms with Crippen LogP contribution in [0, 0.1) is 0 Å². The molecule has 0 aliphatic heterocycles. The van der Waals surface area contributed by atoms with Crippen LogP contribution in [0.15, 0.2) is 48.5 Å². The van der Waals surface area contributed by atoms with Crippen LogP contribution in [0.5, 0.6) is 5.75 Å². The number of carbonyl (C=O) groups is 1. The molecule has 0 amide bonds. The average Bonchev–Trinajstić information content (AvgIpc) is 2.66. The molecule has 0 bridgehead atoms. The Kier molecular flexibility index (Phi) is 5.58. The van der Waals surface area contributed by atoms with Crippen molar-refractivity contribution in [3.05, 3.63) is 59.1 Å². The van der Waals surface area contributed by atoms with E-state index in [1.54, 1.807) is 26.3 Å².